The molecule has 2 N–H and O–H groups in total. The van der Waals surface area contributed by atoms with Gasteiger partial charge in [-0.1, -0.05) is 12.5 Å². The maximum Gasteiger partial charge on any atom is 0.319 e. The number of amides is 2. The van der Waals surface area contributed by atoms with Gasteiger partial charge in [-0.05, 0) is 74.9 Å². The van der Waals surface area contributed by atoms with Gasteiger partial charge in [0.15, 0.2) is 23.1 Å². The standard InChI is InChI=1S/C27H33F2N3O3/c1-34-23-9-6-17(14-24(23)35-2)27-11-10-19(16-25(27)32(13-12-27)20-4-3-5-20)31-26(33)30-18-7-8-21(28)22(29)15-18/h6-9,14-15,19-20,25H,3-5,10-13,16H2,1-2H3,(H2,30,31,33). The van der Waals surface area contributed by atoms with Gasteiger partial charge < -0.3 is 20.1 Å². The fourth-order valence-electron chi connectivity index (χ4n) is 6.28. The zero-order valence-corrected chi connectivity index (χ0v) is 20.3. The molecular weight excluding hydrogens is 452 g/mol. The van der Waals surface area contributed by atoms with Gasteiger partial charge in [0.1, 0.15) is 0 Å². The van der Waals surface area contributed by atoms with Gasteiger partial charge in [0.25, 0.3) is 0 Å². The first-order chi connectivity index (χ1) is 16.9. The van der Waals surface area contributed by atoms with E-state index in [1.807, 2.05) is 6.07 Å². The van der Waals surface area contributed by atoms with E-state index in [1.54, 1.807) is 14.2 Å². The van der Waals surface area contributed by atoms with Crippen LogP contribution in [-0.2, 0) is 5.41 Å². The number of urea groups is 1. The molecule has 2 amide bonds. The Labute approximate surface area is 205 Å². The molecule has 0 bridgehead atoms. The van der Waals surface area contributed by atoms with E-state index in [-0.39, 0.29) is 17.1 Å². The summed E-state index contributed by atoms with van der Waals surface area (Å²) in [7, 11) is 3.31. The summed E-state index contributed by atoms with van der Waals surface area (Å²) in [6.45, 7) is 1.05. The molecule has 3 atom stereocenters. The van der Waals surface area contributed by atoms with Gasteiger partial charge in [-0.15, -0.1) is 0 Å². The molecule has 3 unspecified atom stereocenters. The first kappa shape index (κ1) is 23.9. The number of anilines is 1. The molecule has 1 saturated heterocycles. The lowest BCUT2D eigenvalue weighted by Crippen LogP contribution is -2.55. The quantitative estimate of drug-likeness (QED) is 0.589. The number of benzene rings is 2. The van der Waals surface area contributed by atoms with Gasteiger partial charge in [0.2, 0.25) is 0 Å². The Hall–Kier alpha value is -2.87. The molecule has 3 aliphatic rings. The molecule has 3 fully saturated rings. The van der Waals surface area contributed by atoms with Crippen LogP contribution in [0.3, 0.4) is 0 Å². The second-order valence-corrected chi connectivity index (χ2v) is 10.0. The van der Waals surface area contributed by atoms with Gasteiger partial charge in [0.05, 0.1) is 14.2 Å². The predicted molar refractivity (Wildman–Crippen MR) is 130 cm³/mol. The first-order valence-corrected chi connectivity index (χ1v) is 12.4. The number of hydrogen-bond acceptors (Lipinski definition) is 4. The number of nitrogens with one attached hydrogen (secondary N) is 2. The summed E-state index contributed by atoms with van der Waals surface area (Å²) in [5.74, 6) is -0.456. The topological polar surface area (TPSA) is 62.8 Å². The minimum absolute atomic E-state index is 0.000703. The molecule has 2 aromatic rings. The molecular formula is C27H33F2N3O3. The van der Waals surface area contributed by atoms with Crippen LogP contribution in [0.2, 0.25) is 0 Å². The molecule has 0 spiro atoms. The molecule has 6 nitrogen and oxygen atoms in total. The lowest BCUT2D eigenvalue weighted by molar-refractivity contribution is 0.0646. The van der Waals surface area contributed by atoms with Crippen LogP contribution in [0.15, 0.2) is 36.4 Å². The molecule has 0 radical (unpaired) electrons. The molecule has 8 heteroatoms. The third kappa shape index (κ3) is 4.44. The maximum absolute atomic E-state index is 13.5. The number of halogens is 2. The summed E-state index contributed by atoms with van der Waals surface area (Å²) in [6.07, 6.45) is 7.45. The Bertz CT molecular complexity index is 1090. The summed E-state index contributed by atoms with van der Waals surface area (Å²) >= 11 is 0. The van der Waals surface area contributed by atoms with Crippen LogP contribution in [0.1, 0.15) is 50.5 Å². The van der Waals surface area contributed by atoms with Gasteiger partial charge >= 0.3 is 6.03 Å². The summed E-state index contributed by atoms with van der Waals surface area (Å²) in [5.41, 5.74) is 1.50. The average Bonchev–Trinajstić information content (AvgIpc) is 3.19. The first-order valence-electron chi connectivity index (χ1n) is 12.4. The number of hydrogen-bond donors (Lipinski definition) is 2. The van der Waals surface area contributed by atoms with E-state index in [1.165, 1.54) is 30.9 Å². The third-order valence-corrected chi connectivity index (χ3v) is 8.32. The van der Waals surface area contributed by atoms with E-state index in [0.29, 0.717) is 12.1 Å². The van der Waals surface area contributed by atoms with Crippen LogP contribution in [0, 0.1) is 11.6 Å². The zero-order valence-electron chi connectivity index (χ0n) is 20.3. The molecule has 35 heavy (non-hydrogen) atoms. The molecule has 1 heterocycles. The van der Waals surface area contributed by atoms with Gasteiger partial charge in [0, 0.05) is 35.3 Å². The van der Waals surface area contributed by atoms with Crippen molar-refractivity contribution in [3.8, 4) is 11.5 Å². The van der Waals surface area contributed by atoms with Crippen LogP contribution in [0.5, 0.6) is 11.5 Å². The highest BCUT2D eigenvalue weighted by Crippen LogP contribution is 2.52. The van der Waals surface area contributed by atoms with E-state index in [2.05, 4.69) is 27.7 Å². The van der Waals surface area contributed by atoms with Crippen molar-refractivity contribution in [2.45, 2.75) is 68.5 Å². The van der Waals surface area contributed by atoms with Gasteiger partial charge in [-0.3, -0.25) is 4.90 Å². The second-order valence-electron chi connectivity index (χ2n) is 10.0. The summed E-state index contributed by atoms with van der Waals surface area (Å²) < 4.78 is 37.8. The number of rotatable bonds is 6. The van der Waals surface area contributed by atoms with E-state index in [0.717, 1.165) is 55.9 Å². The summed E-state index contributed by atoms with van der Waals surface area (Å²) in [5, 5.41) is 5.72. The number of methoxy groups -OCH3 is 2. The Morgan fingerprint density at radius 2 is 1.80 bits per heavy atom. The lowest BCUT2D eigenvalue weighted by atomic mass is 9.64. The number of carbonyl (C=O) groups is 1. The van der Waals surface area contributed by atoms with Crippen molar-refractivity contribution in [3.63, 3.8) is 0 Å². The largest absolute Gasteiger partial charge is 0.493 e. The third-order valence-electron chi connectivity index (χ3n) is 8.32. The Morgan fingerprint density at radius 3 is 2.49 bits per heavy atom. The Morgan fingerprint density at radius 1 is 1.00 bits per heavy atom. The zero-order chi connectivity index (χ0) is 24.6. The Balaban J connectivity index is 1.35. The number of fused-ring (bicyclic) bond motifs is 1. The van der Waals surface area contributed by atoms with E-state index < -0.39 is 17.7 Å². The van der Waals surface area contributed by atoms with Crippen LogP contribution in [0.4, 0.5) is 19.3 Å². The van der Waals surface area contributed by atoms with E-state index >= 15 is 0 Å². The molecule has 5 rings (SSSR count). The van der Waals surface area contributed by atoms with E-state index in [9.17, 15) is 13.6 Å². The minimum Gasteiger partial charge on any atom is -0.493 e. The fraction of sp³-hybridized carbons (Fsp3) is 0.519. The average molecular weight is 486 g/mol. The summed E-state index contributed by atoms with van der Waals surface area (Å²) in [6, 6.07) is 10.2. The minimum atomic E-state index is -0.984. The van der Waals surface area contributed by atoms with Crippen molar-refractivity contribution in [2.75, 3.05) is 26.1 Å². The van der Waals surface area contributed by atoms with Crippen LogP contribution in [0.25, 0.3) is 0 Å². The normalized spacial score (nSPS) is 26.5. The number of ether oxygens (including phenoxy) is 2. The molecule has 188 valence electrons. The number of nitrogens with zero attached hydrogens (tertiary/aromatic N) is 1. The monoisotopic (exact) mass is 485 g/mol. The molecule has 1 aliphatic heterocycles. The lowest BCUT2D eigenvalue weighted by Gasteiger charge is -2.48. The Kier molecular flexibility index (Phi) is 6.57. The highest BCUT2D eigenvalue weighted by atomic mass is 19.2. The van der Waals surface area contributed by atoms with Crippen molar-refractivity contribution in [2.24, 2.45) is 0 Å². The smallest absolute Gasteiger partial charge is 0.319 e. The molecule has 2 aliphatic carbocycles. The number of likely N-dealkylation sites (tertiary alicyclic amines) is 1. The van der Waals surface area contributed by atoms with Crippen molar-refractivity contribution < 1.29 is 23.0 Å². The van der Waals surface area contributed by atoms with Crippen molar-refractivity contribution >= 4 is 11.7 Å². The predicted octanol–water partition coefficient (Wildman–Crippen LogP) is 5.22. The maximum atomic E-state index is 13.5. The second kappa shape index (κ2) is 9.64. The van der Waals surface area contributed by atoms with Crippen molar-refractivity contribution in [1.82, 2.24) is 10.2 Å². The van der Waals surface area contributed by atoms with E-state index in [4.69, 9.17) is 9.47 Å². The van der Waals surface area contributed by atoms with Crippen molar-refractivity contribution in [1.29, 1.82) is 0 Å². The fourth-order valence-corrected chi connectivity index (χ4v) is 6.28. The molecule has 2 saturated carbocycles. The molecule has 0 aromatic heterocycles. The van der Waals surface area contributed by atoms with Gasteiger partial charge in [-0.25, -0.2) is 13.6 Å². The summed E-state index contributed by atoms with van der Waals surface area (Å²) in [4.78, 5) is 15.3. The highest BCUT2D eigenvalue weighted by molar-refractivity contribution is 5.89. The molecule has 2 aromatic carbocycles. The van der Waals surface area contributed by atoms with Crippen LogP contribution >= 0.6 is 0 Å². The van der Waals surface area contributed by atoms with Crippen molar-refractivity contribution in [3.05, 3.63) is 53.6 Å². The van der Waals surface area contributed by atoms with Crippen LogP contribution in [-0.4, -0.2) is 49.8 Å². The van der Waals surface area contributed by atoms with Gasteiger partial charge in [-0.2, -0.15) is 0 Å². The SMILES string of the molecule is COc1ccc(C23CCC(NC(=O)Nc4ccc(F)c(F)c4)CC2N(C2CCC2)CC3)cc1OC. The number of carbonyl (C=O) groups excluding carboxylic acids is 1. The highest BCUT2D eigenvalue weighted by Gasteiger charge is 2.53. The van der Waals surface area contributed by atoms with Crippen LogP contribution < -0.4 is 20.1 Å².